The Balaban J connectivity index is 3.15. The van der Waals surface area contributed by atoms with Crippen LogP contribution in [0.4, 0.5) is 4.39 Å². The molecule has 0 amide bonds. The van der Waals surface area contributed by atoms with E-state index >= 15 is 0 Å². The normalized spacial score (nSPS) is 11.8. The highest BCUT2D eigenvalue weighted by atomic mass is 79.9. The van der Waals surface area contributed by atoms with Gasteiger partial charge in [-0.3, -0.25) is 0 Å². The number of nitrogens with zero attached hydrogens (tertiary/aromatic N) is 1. The van der Waals surface area contributed by atoms with E-state index in [1.165, 1.54) is 0 Å². The monoisotopic (exact) mass is 368 g/mol. The van der Waals surface area contributed by atoms with Crippen LogP contribution in [0.15, 0.2) is 21.5 Å². The highest BCUT2D eigenvalue weighted by molar-refractivity contribution is 9.10. The smallest absolute Gasteiger partial charge is 0.338 e. The summed E-state index contributed by atoms with van der Waals surface area (Å²) in [6.07, 6.45) is 0. The third kappa shape index (κ3) is 4.23. The van der Waals surface area contributed by atoms with Crippen molar-refractivity contribution < 1.29 is 22.7 Å². The molecule has 20 heavy (non-hydrogen) atoms. The third-order valence-corrected chi connectivity index (χ3v) is 4.29. The van der Waals surface area contributed by atoms with Crippen molar-refractivity contribution >= 4 is 31.9 Å². The predicted octanol–water partition coefficient (Wildman–Crippen LogP) is 1.13. The first kappa shape index (κ1) is 17.0. The summed E-state index contributed by atoms with van der Waals surface area (Å²) >= 11 is 2.97. The van der Waals surface area contributed by atoms with Crippen LogP contribution in [0.3, 0.4) is 0 Å². The van der Waals surface area contributed by atoms with E-state index in [4.69, 9.17) is 5.11 Å². The number of carboxylic acids is 1. The molecule has 0 aliphatic rings. The lowest BCUT2D eigenvalue weighted by Crippen LogP contribution is -2.32. The second-order valence-electron chi connectivity index (χ2n) is 4.27. The summed E-state index contributed by atoms with van der Waals surface area (Å²) in [4.78, 5) is 11.9. The van der Waals surface area contributed by atoms with E-state index in [-0.39, 0.29) is 11.0 Å². The fourth-order valence-electron chi connectivity index (χ4n) is 1.40. The first-order chi connectivity index (χ1) is 9.15. The molecule has 0 aliphatic carbocycles. The molecule has 0 saturated heterocycles. The Bertz CT molecular complexity index is 619. The van der Waals surface area contributed by atoms with Crippen molar-refractivity contribution in [2.45, 2.75) is 4.90 Å². The van der Waals surface area contributed by atoms with Gasteiger partial charge >= 0.3 is 5.97 Å². The van der Waals surface area contributed by atoms with E-state index in [0.29, 0.717) is 6.54 Å². The van der Waals surface area contributed by atoms with E-state index in [2.05, 4.69) is 20.7 Å². The molecule has 0 bridgehead atoms. The largest absolute Gasteiger partial charge is 0.478 e. The molecule has 0 saturated carbocycles. The standard InChI is InChI=1S/C11H14BrFN2O4S/c1-15(2)4-3-14-20(18,19)9-6-7(12)5-8(10(9)13)11(16)17/h5-6,14H,3-4H2,1-2H3,(H,16,17). The quantitative estimate of drug-likeness (QED) is 0.785. The lowest BCUT2D eigenvalue weighted by molar-refractivity contribution is 0.0691. The SMILES string of the molecule is CN(C)CCNS(=O)(=O)c1cc(Br)cc(C(=O)O)c1F. The number of halogens is 2. The Morgan fingerprint density at radius 3 is 2.55 bits per heavy atom. The molecule has 1 aromatic carbocycles. The molecule has 0 aromatic heterocycles. The number of carboxylic acid groups (broad SMARTS) is 1. The minimum Gasteiger partial charge on any atom is -0.478 e. The number of hydrogen-bond acceptors (Lipinski definition) is 4. The van der Waals surface area contributed by atoms with Gasteiger partial charge in [0.05, 0.1) is 5.56 Å². The summed E-state index contributed by atoms with van der Waals surface area (Å²) in [6.45, 7) is 0.518. The first-order valence-electron chi connectivity index (χ1n) is 5.52. The van der Waals surface area contributed by atoms with Gasteiger partial charge in [0.15, 0.2) is 5.82 Å². The Kier molecular flexibility index (Phi) is 5.63. The zero-order valence-electron chi connectivity index (χ0n) is 10.9. The Labute approximate surface area is 124 Å². The van der Waals surface area contributed by atoms with Crippen LogP contribution < -0.4 is 4.72 Å². The summed E-state index contributed by atoms with van der Waals surface area (Å²) in [5.41, 5.74) is -0.702. The number of nitrogens with one attached hydrogen (secondary N) is 1. The van der Waals surface area contributed by atoms with E-state index in [1.807, 2.05) is 0 Å². The number of rotatable bonds is 6. The van der Waals surface area contributed by atoms with Gasteiger partial charge in [0.25, 0.3) is 0 Å². The van der Waals surface area contributed by atoms with Crippen molar-refractivity contribution in [3.05, 3.63) is 28.0 Å². The molecule has 0 aliphatic heterocycles. The summed E-state index contributed by atoms with van der Waals surface area (Å²) in [6, 6.07) is 2.04. The summed E-state index contributed by atoms with van der Waals surface area (Å²) in [7, 11) is -0.589. The van der Waals surface area contributed by atoms with Crippen molar-refractivity contribution in [3.63, 3.8) is 0 Å². The molecular weight excluding hydrogens is 355 g/mol. The summed E-state index contributed by atoms with van der Waals surface area (Å²) in [5, 5.41) is 8.85. The van der Waals surface area contributed by atoms with E-state index in [1.54, 1.807) is 19.0 Å². The number of carbonyl (C=O) groups is 1. The van der Waals surface area contributed by atoms with Crippen LogP contribution >= 0.6 is 15.9 Å². The van der Waals surface area contributed by atoms with Gasteiger partial charge in [-0.25, -0.2) is 22.3 Å². The van der Waals surface area contributed by atoms with Crippen LogP contribution in [-0.4, -0.2) is 51.6 Å². The second kappa shape index (κ2) is 6.61. The van der Waals surface area contributed by atoms with Gasteiger partial charge in [-0.1, -0.05) is 15.9 Å². The second-order valence-corrected chi connectivity index (χ2v) is 6.92. The van der Waals surface area contributed by atoms with E-state index in [0.717, 1.165) is 12.1 Å². The molecule has 0 heterocycles. The van der Waals surface area contributed by atoms with Crippen LogP contribution in [0.25, 0.3) is 0 Å². The van der Waals surface area contributed by atoms with E-state index < -0.39 is 32.3 Å². The molecule has 0 spiro atoms. The van der Waals surface area contributed by atoms with Crippen LogP contribution in [0.2, 0.25) is 0 Å². The maximum absolute atomic E-state index is 14.0. The minimum atomic E-state index is -4.11. The average molecular weight is 369 g/mol. The molecule has 9 heteroatoms. The topological polar surface area (TPSA) is 86.7 Å². The zero-order chi connectivity index (χ0) is 15.5. The first-order valence-corrected chi connectivity index (χ1v) is 7.79. The van der Waals surface area contributed by atoms with Crippen LogP contribution in [0, 0.1) is 5.82 Å². The van der Waals surface area contributed by atoms with Gasteiger partial charge in [-0.05, 0) is 26.2 Å². The van der Waals surface area contributed by atoms with Gasteiger partial charge in [-0.15, -0.1) is 0 Å². The molecule has 0 radical (unpaired) electrons. The van der Waals surface area contributed by atoms with Gasteiger partial charge in [0.2, 0.25) is 10.0 Å². The fraction of sp³-hybridized carbons (Fsp3) is 0.364. The molecule has 1 rings (SSSR count). The highest BCUT2D eigenvalue weighted by Crippen LogP contribution is 2.24. The zero-order valence-corrected chi connectivity index (χ0v) is 13.3. The lowest BCUT2D eigenvalue weighted by atomic mass is 10.2. The Morgan fingerprint density at radius 2 is 2.05 bits per heavy atom. The van der Waals surface area contributed by atoms with E-state index in [9.17, 15) is 17.6 Å². The molecule has 6 nitrogen and oxygen atoms in total. The molecule has 2 N–H and O–H groups in total. The van der Waals surface area contributed by atoms with Crippen molar-refractivity contribution in [2.75, 3.05) is 27.2 Å². The van der Waals surface area contributed by atoms with Crippen molar-refractivity contribution in [1.82, 2.24) is 9.62 Å². The van der Waals surface area contributed by atoms with Gasteiger partial charge < -0.3 is 10.0 Å². The molecule has 0 atom stereocenters. The third-order valence-electron chi connectivity index (χ3n) is 2.38. The van der Waals surface area contributed by atoms with Gasteiger partial charge in [-0.2, -0.15) is 0 Å². The number of benzene rings is 1. The number of sulfonamides is 1. The van der Waals surface area contributed by atoms with Crippen molar-refractivity contribution in [2.24, 2.45) is 0 Å². The fourth-order valence-corrected chi connectivity index (χ4v) is 3.15. The van der Waals surface area contributed by atoms with Crippen LogP contribution in [0.1, 0.15) is 10.4 Å². The molecule has 0 fully saturated rings. The molecule has 0 unspecified atom stereocenters. The minimum absolute atomic E-state index is 0.0870. The number of aromatic carboxylic acids is 1. The maximum Gasteiger partial charge on any atom is 0.338 e. The lowest BCUT2D eigenvalue weighted by Gasteiger charge is -2.12. The number of hydrogen-bond donors (Lipinski definition) is 2. The predicted molar refractivity (Wildman–Crippen MR) is 74.8 cm³/mol. The Morgan fingerprint density at radius 1 is 1.45 bits per heavy atom. The van der Waals surface area contributed by atoms with Gasteiger partial charge in [0, 0.05) is 17.6 Å². The molecular formula is C11H14BrFN2O4S. The van der Waals surface area contributed by atoms with Crippen molar-refractivity contribution in [3.8, 4) is 0 Å². The number of likely N-dealkylation sites (N-methyl/N-ethyl adjacent to an activating group) is 1. The van der Waals surface area contributed by atoms with Crippen LogP contribution in [0.5, 0.6) is 0 Å². The van der Waals surface area contributed by atoms with Crippen LogP contribution in [-0.2, 0) is 10.0 Å². The molecule has 112 valence electrons. The Hall–Kier alpha value is -1.03. The van der Waals surface area contributed by atoms with Crippen molar-refractivity contribution in [1.29, 1.82) is 0 Å². The summed E-state index contributed by atoms with van der Waals surface area (Å²) < 4.78 is 40.3. The highest BCUT2D eigenvalue weighted by Gasteiger charge is 2.24. The maximum atomic E-state index is 14.0. The molecule has 1 aromatic rings. The average Bonchev–Trinajstić information content (AvgIpc) is 2.30. The summed E-state index contributed by atoms with van der Waals surface area (Å²) in [5.74, 6) is -2.81. The van der Waals surface area contributed by atoms with Gasteiger partial charge in [0.1, 0.15) is 4.90 Å².